The van der Waals surface area contributed by atoms with Gasteiger partial charge >= 0.3 is 0 Å². The van der Waals surface area contributed by atoms with Gasteiger partial charge < -0.3 is 10.1 Å². The number of ether oxygens (including phenoxy) is 1. The van der Waals surface area contributed by atoms with Crippen molar-refractivity contribution in [1.29, 1.82) is 0 Å². The van der Waals surface area contributed by atoms with Crippen LogP contribution in [0.1, 0.15) is 6.42 Å². The number of hydrogen-bond donors (Lipinski definition) is 1. The third-order valence-electron chi connectivity index (χ3n) is 5.24. The molecular formula is C18H18N2O4. The third-order valence-corrected chi connectivity index (χ3v) is 5.24. The Bertz CT molecular complexity index is 727. The van der Waals surface area contributed by atoms with Crippen LogP contribution in [0.5, 0.6) is 5.75 Å². The monoisotopic (exact) mass is 326 g/mol. The number of nitrogens with zero attached hydrogens (tertiary/aromatic N) is 1. The minimum atomic E-state index is -0.401. The molecule has 0 spiro atoms. The fraction of sp³-hybridized carbons (Fsp3) is 0.389. The van der Waals surface area contributed by atoms with E-state index >= 15 is 0 Å². The minimum absolute atomic E-state index is 0.152. The van der Waals surface area contributed by atoms with Gasteiger partial charge in [0.05, 0.1) is 24.6 Å². The van der Waals surface area contributed by atoms with Gasteiger partial charge in [0, 0.05) is 0 Å². The molecule has 4 rings (SSSR count). The number of benzene rings is 1. The first-order chi connectivity index (χ1) is 11.6. The molecule has 2 fully saturated rings. The highest BCUT2D eigenvalue weighted by molar-refractivity contribution is 6.09. The lowest BCUT2D eigenvalue weighted by molar-refractivity contribution is -0.143. The van der Waals surface area contributed by atoms with Crippen molar-refractivity contribution in [1.82, 2.24) is 4.90 Å². The lowest BCUT2D eigenvalue weighted by atomic mass is 9.85. The minimum Gasteiger partial charge on any atom is -0.495 e. The second kappa shape index (κ2) is 5.47. The first kappa shape index (κ1) is 14.9. The Morgan fingerprint density at radius 3 is 2.42 bits per heavy atom. The highest BCUT2D eigenvalue weighted by atomic mass is 16.5. The van der Waals surface area contributed by atoms with E-state index in [1.165, 1.54) is 7.11 Å². The molecule has 1 saturated carbocycles. The van der Waals surface area contributed by atoms with E-state index in [9.17, 15) is 14.4 Å². The average molecular weight is 326 g/mol. The van der Waals surface area contributed by atoms with Crippen LogP contribution in [0.15, 0.2) is 36.4 Å². The molecule has 1 N–H and O–H groups in total. The van der Waals surface area contributed by atoms with Gasteiger partial charge in [-0.25, -0.2) is 0 Å². The van der Waals surface area contributed by atoms with Crippen LogP contribution in [0.25, 0.3) is 0 Å². The summed E-state index contributed by atoms with van der Waals surface area (Å²) in [5.41, 5.74) is 0.519. The van der Waals surface area contributed by atoms with Crippen LogP contribution in [-0.2, 0) is 14.4 Å². The predicted molar refractivity (Wildman–Crippen MR) is 86.1 cm³/mol. The van der Waals surface area contributed by atoms with Gasteiger partial charge in [0.25, 0.3) is 0 Å². The van der Waals surface area contributed by atoms with Crippen molar-refractivity contribution in [3.05, 3.63) is 36.4 Å². The number of methoxy groups -OCH3 is 1. The summed E-state index contributed by atoms with van der Waals surface area (Å²) in [6.45, 7) is -0.248. The highest BCUT2D eigenvalue weighted by Gasteiger charge is 2.59. The fourth-order valence-corrected chi connectivity index (χ4v) is 4.20. The lowest BCUT2D eigenvalue weighted by Crippen LogP contribution is -2.39. The molecule has 2 bridgehead atoms. The van der Waals surface area contributed by atoms with Crippen LogP contribution in [0.2, 0.25) is 0 Å². The van der Waals surface area contributed by atoms with Crippen LogP contribution < -0.4 is 10.1 Å². The molecule has 4 atom stereocenters. The van der Waals surface area contributed by atoms with E-state index in [2.05, 4.69) is 5.32 Å². The molecule has 1 aromatic rings. The molecule has 0 radical (unpaired) electrons. The number of amides is 3. The van der Waals surface area contributed by atoms with Gasteiger partial charge in [0.15, 0.2) is 0 Å². The Kier molecular flexibility index (Phi) is 3.40. The highest BCUT2D eigenvalue weighted by Crippen LogP contribution is 2.52. The summed E-state index contributed by atoms with van der Waals surface area (Å²) < 4.78 is 5.19. The molecule has 0 unspecified atom stereocenters. The molecule has 6 nitrogen and oxygen atoms in total. The fourth-order valence-electron chi connectivity index (χ4n) is 4.20. The van der Waals surface area contributed by atoms with Gasteiger partial charge in [-0.1, -0.05) is 24.3 Å². The van der Waals surface area contributed by atoms with Crippen molar-refractivity contribution in [2.24, 2.45) is 23.7 Å². The number of nitrogens with one attached hydrogen (secondary N) is 1. The van der Waals surface area contributed by atoms with E-state index < -0.39 is 5.91 Å². The number of anilines is 1. The Hall–Kier alpha value is -2.63. The number of fused-ring (bicyclic) bond motifs is 5. The lowest BCUT2D eigenvalue weighted by Gasteiger charge is -2.17. The summed E-state index contributed by atoms with van der Waals surface area (Å²) in [4.78, 5) is 38.5. The van der Waals surface area contributed by atoms with Crippen molar-refractivity contribution in [3.63, 3.8) is 0 Å². The van der Waals surface area contributed by atoms with Crippen LogP contribution in [0, 0.1) is 23.7 Å². The molecular weight excluding hydrogens is 308 g/mol. The molecule has 1 heterocycles. The Morgan fingerprint density at radius 2 is 1.79 bits per heavy atom. The Labute approximate surface area is 139 Å². The molecule has 6 heteroatoms. The second-order valence-electron chi connectivity index (χ2n) is 6.51. The van der Waals surface area contributed by atoms with E-state index in [4.69, 9.17) is 4.74 Å². The number of para-hydroxylation sites is 2. The maximum absolute atomic E-state index is 12.6. The first-order valence-electron chi connectivity index (χ1n) is 8.06. The zero-order valence-electron chi connectivity index (χ0n) is 13.3. The second-order valence-corrected chi connectivity index (χ2v) is 6.51. The van der Waals surface area contributed by atoms with Gasteiger partial charge in [0.2, 0.25) is 17.7 Å². The van der Waals surface area contributed by atoms with E-state index in [1.807, 2.05) is 12.2 Å². The van der Waals surface area contributed by atoms with Crippen LogP contribution in [0.4, 0.5) is 5.69 Å². The molecule has 3 amide bonds. The zero-order chi connectivity index (χ0) is 16.8. The van der Waals surface area contributed by atoms with E-state index in [1.54, 1.807) is 24.3 Å². The number of likely N-dealkylation sites (tertiary alicyclic amines) is 1. The summed E-state index contributed by atoms with van der Waals surface area (Å²) in [6, 6.07) is 7.02. The summed E-state index contributed by atoms with van der Waals surface area (Å²) in [5, 5.41) is 2.71. The van der Waals surface area contributed by atoms with Gasteiger partial charge in [-0.3, -0.25) is 19.3 Å². The van der Waals surface area contributed by atoms with Gasteiger partial charge in [-0.05, 0) is 30.4 Å². The van der Waals surface area contributed by atoms with Gasteiger partial charge in [0.1, 0.15) is 12.3 Å². The maximum Gasteiger partial charge on any atom is 0.244 e. The first-order valence-corrected chi connectivity index (χ1v) is 8.06. The summed E-state index contributed by atoms with van der Waals surface area (Å²) in [6.07, 6.45) is 4.96. The number of carbonyl (C=O) groups is 3. The van der Waals surface area contributed by atoms with Gasteiger partial charge in [-0.2, -0.15) is 0 Å². The van der Waals surface area contributed by atoms with Crippen LogP contribution in [0.3, 0.4) is 0 Å². The molecule has 1 saturated heterocycles. The molecule has 124 valence electrons. The zero-order valence-corrected chi connectivity index (χ0v) is 13.3. The van der Waals surface area contributed by atoms with Crippen molar-refractivity contribution >= 4 is 23.4 Å². The smallest absolute Gasteiger partial charge is 0.244 e. The Morgan fingerprint density at radius 1 is 1.17 bits per heavy atom. The predicted octanol–water partition coefficient (Wildman–Crippen LogP) is 1.44. The number of imide groups is 1. The van der Waals surface area contributed by atoms with Gasteiger partial charge in [-0.15, -0.1) is 0 Å². The molecule has 2 aliphatic carbocycles. The topological polar surface area (TPSA) is 75.7 Å². The van der Waals surface area contributed by atoms with Crippen molar-refractivity contribution in [3.8, 4) is 5.75 Å². The molecule has 0 aromatic heterocycles. The van der Waals surface area contributed by atoms with Crippen LogP contribution >= 0.6 is 0 Å². The van der Waals surface area contributed by atoms with Crippen molar-refractivity contribution < 1.29 is 19.1 Å². The SMILES string of the molecule is COc1ccccc1NC(=O)CN1C(=O)[C@@H]2[C@@H](C1=O)[C@H]1C=C[C@H]2C1. The van der Waals surface area contributed by atoms with Crippen LogP contribution in [-0.4, -0.2) is 36.3 Å². The molecule has 3 aliphatic rings. The molecule has 24 heavy (non-hydrogen) atoms. The average Bonchev–Trinajstić information content (AvgIpc) is 3.25. The standard InChI is InChI=1S/C18H18N2O4/c1-24-13-5-3-2-4-12(13)19-14(21)9-20-17(22)15-10-6-7-11(8-10)16(15)18(20)23/h2-7,10-11,15-16H,8-9H2,1H3,(H,19,21)/t10-,11-,15-,16-/m0/s1. The van der Waals surface area contributed by atoms with E-state index in [0.29, 0.717) is 11.4 Å². The van der Waals surface area contributed by atoms with E-state index in [-0.39, 0.29) is 42.0 Å². The van der Waals surface area contributed by atoms with E-state index in [0.717, 1.165) is 11.3 Å². The number of hydrogen-bond acceptors (Lipinski definition) is 4. The van der Waals surface area contributed by atoms with Crippen molar-refractivity contribution in [2.75, 3.05) is 19.0 Å². The largest absolute Gasteiger partial charge is 0.495 e. The number of carbonyl (C=O) groups excluding carboxylic acids is 3. The molecule has 1 aromatic carbocycles. The Balaban J connectivity index is 1.47. The number of rotatable bonds is 4. The maximum atomic E-state index is 12.6. The summed E-state index contributed by atoms with van der Waals surface area (Å²) >= 11 is 0. The summed E-state index contributed by atoms with van der Waals surface area (Å²) in [7, 11) is 1.52. The van der Waals surface area contributed by atoms with Crippen molar-refractivity contribution in [2.45, 2.75) is 6.42 Å². The number of allylic oxidation sites excluding steroid dienone is 2. The quantitative estimate of drug-likeness (QED) is 0.671. The third kappa shape index (κ3) is 2.13. The summed E-state index contributed by atoms with van der Waals surface area (Å²) in [5.74, 6) is -0.532. The molecule has 1 aliphatic heterocycles. The normalized spacial score (nSPS) is 30.0.